The third-order valence-corrected chi connectivity index (χ3v) is 3.52. The van der Waals surface area contributed by atoms with Crippen LogP contribution in [0.15, 0.2) is 18.2 Å². The first kappa shape index (κ1) is 13.2. The number of hydrogen-bond donors (Lipinski definition) is 1. The van der Waals surface area contributed by atoms with Crippen molar-refractivity contribution in [3.8, 4) is 11.5 Å². The van der Waals surface area contributed by atoms with Gasteiger partial charge in [0.1, 0.15) is 24.2 Å². The summed E-state index contributed by atoms with van der Waals surface area (Å²) in [4.78, 5) is 2.24. The highest BCUT2D eigenvalue weighted by molar-refractivity contribution is 5.44. The predicted octanol–water partition coefficient (Wildman–Crippen LogP) is 1.83. The van der Waals surface area contributed by atoms with Crippen LogP contribution in [-0.4, -0.2) is 42.9 Å². The molecule has 0 spiro atoms. The minimum Gasteiger partial charge on any atom is -0.497 e. The van der Waals surface area contributed by atoms with E-state index >= 15 is 0 Å². The molecule has 1 aromatic carbocycles. The molecule has 0 saturated heterocycles. The highest BCUT2D eigenvalue weighted by Crippen LogP contribution is 2.38. The number of methoxy groups -OCH3 is 1. The van der Waals surface area contributed by atoms with Gasteiger partial charge in [0, 0.05) is 5.56 Å². The summed E-state index contributed by atoms with van der Waals surface area (Å²) in [7, 11) is 1.65. The molecule has 18 heavy (non-hydrogen) atoms. The molecule has 100 valence electrons. The van der Waals surface area contributed by atoms with E-state index in [0.717, 1.165) is 30.2 Å². The van der Waals surface area contributed by atoms with Gasteiger partial charge in [0.25, 0.3) is 0 Å². The van der Waals surface area contributed by atoms with Crippen molar-refractivity contribution in [1.82, 2.24) is 4.90 Å². The van der Waals surface area contributed by atoms with Gasteiger partial charge in [0.15, 0.2) is 0 Å². The molecule has 1 N–H and O–H groups in total. The van der Waals surface area contributed by atoms with E-state index in [4.69, 9.17) is 9.47 Å². The van der Waals surface area contributed by atoms with Crippen molar-refractivity contribution < 1.29 is 14.6 Å². The zero-order chi connectivity index (χ0) is 13.1. The molecule has 4 heteroatoms. The van der Waals surface area contributed by atoms with Crippen molar-refractivity contribution in [3.05, 3.63) is 23.8 Å². The van der Waals surface area contributed by atoms with Crippen molar-refractivity contribution in [2.45, 2.75) is 26.0 Å². The summed E-state index contributed by atoms with van der Waals surface area (Å²) >= 11 is 0. The molecule has 0 bridgehead atoms. The summed E-state index contributed by atoms with van der Waals surface area (Å²) in [6.45, 7) is 6.35. The summed E-state index contributed by atoms with van der Waals surface area (Å²) in [6, 6.07) is 5.74. The molecule has 0 amide bonds. The van der Waals surface area contributed by atoms with Crippen LogP contribution in [-0.2, 0) is 0 Å². The lowest BCUT2D eigenvalue weighted by molar-refractivity contribution is 0.00355. The molecule has 2 rings (SSSR count). The van der Waals surface area contributed by atoms with Crippen molar-refractivity contribution in [1.29, 1.82) is 0 Å². The molecule has 1 heterocycles. The van der Waals surface area contributed by atoms with Gasteiger partial charge in [-0.05, 0) is 31.3 Å². The largest absolute Gasteiger partial charge is 0.497 e. The Labute approximate surface area is 108 Å². The molecular formula is C14H21NO3. The van der Waals surface area contributed by atoms with E-state index in [-0.39, 0.29) is 6.04 Å². The molecule has 1 aliphatic heterocycles. The molecule has 0 saturated carbocycles. The standard InChI is InChI=1S/C14H21NO3/c1-4-15(5-2)14-11-8-10(17-3)6-7-13(11)18-9-12(14)16/h6-8,12,14,16H,4-5,9H2,1-3H3. The monoisotopic (exact) mass is 251 g/mol. The lowest BCUT2D eigenvalue weighted by atomic mass is 9.96. The van der Waals surface area contributed by atoms with E-state index in [1.54, 1.807) is 7.11 Å². The Morgan fingerprint density at radius 3 is 2.72 bits per heavy atom. The van der Waals surface area contributed by atoms with Gasteiger partial charge in [-0.1, -0.05) is 13.8 Å². The van der Waals surface area contributed by atoms with Gasteiger partial charge < -0.3 is 14.6 Å². The van der Waals surface area contributed by atoms with Gasteiger partial charge >= 0.3 is 0 Å². The molecule has 2 unspecified atom stereocenters. The second-order valence-electron chi connectivity index (χ2n) is 4.45. The maximum atomic E-state index is 10.2. The van der Waals surface area contributed by atoms with Crippen LogP contribution in [0.4, 0.5) is 0 Å². The summed E-state index contributed by atoms with van der Waals surface area (Å²) in [6.07, 6.45) is -0.496. The third-order valence-electron chi connectivity index (χ3n) is 3.52. The molecule has 0 aliphatic carbocycles. The molecule has 4 nitrogen and oxygen atoms in total. The summed E-state index contributed by atoms with van der Waals surface area (Å²) in [5.41, 5.74) is 1.01. The molecule has 0 radical (unpaired) electrons. The second-order valence-corrected chi connectivity index (χ2v) is 4.45. The first-order chi connectivity index (χ1) is 8.71. The maximum absolute atomic E-state index is 10.2. The minimum atomic E-state index is -0.496. The zero-order valence-electron chi connectivity index (χ0n) is 11.2. The Hall–Kier alpha value is -1.26. The van der Waals surface area contributed by atoms with Crippen LogP contribution in [0.3, 0.4) is 0 Å². The number of aliphatic hydroxyl groups is 1. The van der Waals surface area contributed by atoms with Crippen molar-refractivity contribution in [2.24, 2.45) is 0 Å². The highest BCUT2D eigenvalue weighted by Gasteiger charge is 2.33. The number of benzene rings is 1. The van der Waals surface area contributed by atoms with Gasteiger partial charge in [-0.25, -0.2) is 0 Å². The smallest absolute Gasteiger partial charge is 0.124 e. The second kappa shape index (κ2) is 5.59. The molecule has 1 aromatic rings. The van der Waals surface area contributed by atoms with Crippen LogP contribution in [0.2, 0.25) is 0 Å². The van der Waals surface area contributed by atoms with Gasteiger partial charge in [-0.3, -0.25) is 4.90 Å². The number of fused-ring (bicyclic) bond motifs is 1. The van der Waals surface area contributed by atoms with E-state index in [1.807, 2.05) is 18.2 Å². The number of aliphatic hydroxyl groups excluding tert-OH is 1. The highest BCUT2D eigenvalue weighted by atomic mass is 16.5. The maximum Gasteiger partial charge on any atom is 0.124 e. The first-order valence-electron chi connectivity index (χ1n) is 6.44. The molecule has 1 aliphatic rings. The average Bonchev–Trinajstić information content (AvgIpc) is 2.41. The fraction of sp³-hybridized carbons (Fsp3) is 0.571. The number of nitrogens with zero attached hydrogens (tertiary/aromatic N) is 1. The molecule has 0 fully saturated rings. The fourth-order valence-corrected chi connectivity index (χ4v) is 2.55. The van der Waals surface area contributed by atoms with Crippen LogP contribution in [0.5, 0.6) is 11.5 Å². The number of likely N-dealkylation sites (N-methyl/N-ethyl adjacent to an activating group) is 1. The van der Waals surface area contributed by atoms with E-state index in [9.17, 15) is 5.11 Å². The summed E-state index contributed by atoms with van der Waals surface area (Å²) in [5, 5.41) is 10.2. The average molecular weight is 251 g/mol. The molecular weight excluding hydrogens is 230 g/mol. The zero-order valence-corrected chi connectivity index (χ0v) is 11.2. The van der Waals surface area contributed by atoms with Crippen LogP contribution in [0, 0.1) is 0 Å². The first-order valence-corrected chi connectivity index (χ1v) is 6.44. The van der Waals surface area contributed by atoms with E-state index < -0.39 is 6.10 Å². The Morgan fingerprint density at radius 1 is 1.39 bits per heavy atom. The molecule has 2 atom stereocenters. The normalized spacial score (nSPS) is 22.5. The van der Waals surface area contributed by atoms with Crippen molar-refractivity contribution >= 4 is 0 Å². The van der Waals surface area contributed by atoms with E-state index in [0.29, 0.717) is 6.61 Å². The van der Waals surface area contributed by atoms with Gasteiger partial charge in [0.2, 0.25) is 0 Å². The Morgan fingerprint density at radius 2 is 2.11 bits per heavy atom. The minimum absolute atomic E-state index is 0.0150. The number of ether oxygens (including phenoxy) is 2. The van der Waals surface area contributed by atoms with E-state index in [2.05, 4.69) is 18.7 Å². The topological polar surface area (TPSA) is 41.9 Å². The lowest BCUT2D eigenvalue weighted by Gasteiger charge is -2.37. The quantitative estimate of drug-likeness (QED) is 0.886. The predicted molar refractivity (Wildman–Crippen MR) is 70.2 cm³/mol. The van der Waals surface area contributed by atoms with Crippen LogP contribution < -0.4 is 9.47 Å². The SMILES string of the molecule is CCN(CC)C1c2cc(OC)ccc2OCC1O. The van der Waals surface area contributed by atoms with Gasteiger partial charge in [-0.15, -0.1) is 0 Å². The Kier molecular flexibility index (Phi) is 4.09. The van der Waals surface area contributed by atoms with Crippen LogP contribution in [0.25, 0.3) is 0 Å². The Bertz CT molecular complexity index is 404. The summed E-state index contributed by atoms with van der Waals surface area (Å²) in [5.74, 6) is 1.64. The van der Waals surface area contributed by atoms with E-state index in [1.165, 1.54) is 0 Å². The van der Waals surface area contributed by atoms with Crippen molar-refractivity contribution in [2.75, 3.05) is 26.8 Å². The Balaban J connectivity index is 2.41. The third kappa shape index (κ3) is 2.31. The number of rotatable bonds is 4. The number of hydrogen-bond acceptors (Lipinski definition) is 4. The van der Waals surface area contributed by atoms with Crippen LogP contribution >= 0.6 is 0 Å². The fourth-order valence-electron chi connectivity index (χ4n) is 2.55. The molecule has 0 aromatic heterocycles. The lowest BCUT2D eigenvalue weighted by Crippen LogP contribution is -2.42. The van der Waals surface area contributed by atoms with Crippen LogP contribution in [0.1, 0.15) is 25.5 Å². The summed E-state index contributed by atoms with van der Waals surface area (Å²) < 4.78 is 10.8. The van der Waals surface area contributed by atoms with Gasteiger partial charge in [0.05, 0.1) is 13.2 Å². The van der Waals surface area contributed by atoms with Crippen molar-refractivity contribution in [3.63, 3.8) is 0 Å². The van der Waals surface area contributed by atoms with Gasteiger partial charge in [-0.2, -0.15) is 0 Å².